The maximum atomic E-state index is 12.0. The average molecular weight is 428 g/mol. The smallest absolute Gasteiger partial charge is 0.271 e. The van der Waals surface area contributed by atoms with Crippen LogP contribution in [0, 0.1) is 0 Å². The summed E-state index contributed by atoms with van der Waals surface area (Å²) < 4.78 is 6.58. The van der Waals surface area contributed by atoms with Gasteiger partial charge in [0.25, 0.3) is 5.91 Å². The highest BCUT2D eigenvalue weighted by Gasteiger charge is 2.08. The van der Waals surface area contributed by atoms with Crippen LogP contribution in [0.15, 0.2) is 50.4 Å². The van der Waals surface area contributed by atoms with Crippen LogP contribution in [0.25, 0.3) is 0 Å². The molecule has 2 aromatic rings. The minimum atomic E-state index is -0.367. The molecule has 0 aromatic heterocycles. The van der Waals surface area contributed by atoms with Gasteiger partial charge in [0.05, 0.1) is 17.8 Å². The number of ether oxygens (including phenoxy) is 1. The highest BCUT2D eigenvalue weighted by molar-refractivity contribution is 9.10. The third-order valence-corrected chi connectivity index (χ3v) is 3.89. The van der Waals surface area contributed by atoms with Crippen LogP contribution in [0.1, 0.15) is 15.9 Å². The number of nitrogens with one attached hydrogen (secondary N) is 1. The largest absolute Gasteiger partial charge is 0.507 e. The Bertz CT molecular complexity index is 733. The molecule has 0 saturated heterocycles. The lowest BCUT2D eigenvalue weighted by Crippen LogP contribution is -2.17. The molecular formula is C15H12Br2N2O3. The van der Waals surface area contributed by atoms with Gasteiger partial charge in [0.15, 0.2) is 0 Å². The van der Waals surface area contributed by atoms with Gasteiger partial charge in [0, 0.05) is 15.6 Å². The van der Waals surface area contributed by atoms with Gasteiger partial charge in [0.1, 0.15) is 11.5 Å². The molecule has 7 heteroatoms. The van der Waals surface area contributed by atoms with Crippen molar-refractivity contribution in [3.8, 4) is 11.5 Å². The molecule has 0 aliphatic rings. The SMILES string of the molecule is COc1ccc(C(=O)NN=Cc2cc(Br)ccc2O)cc1Br. The van der Waals surface area contributed by atoms with Gasteiger partial charge in [-0.25, -0.2) is 5.43 Å². The van der Waals surface area contributed by atoms with E-state index in [1.54, 1.807) is 37.4 Å². The lowest BCUT2D eigenvalue weighted by Gasteiger charge is -2.05. The van der Waals surface area contributed by atoms with Crippen molar-refractivity contribution in [2.45, 2.75) is 0 Å². The van der Waals surface area contributed by atoms with Crippen LogP contribution >= 0.6 is 31.9 Å². The minimum absolute atomic E-state index is 0.0772. The summed E-state index contributed by atoms with van der Waals surface area (Å²) in [4.78, 5) is 12.0. The first-order valence-corrected chi connectivity index (χ1v) is 7.75. The Morgan fingerprint density at radius 2 is 2.05 bits per heavy atom. The van der Waals surface area contributed by atoms with E-state index in [0.717, 1.165) is 4.47 Å². The fraction of sp³-hybridized carbons (Fsp3) is 0.0667. The number of carbonyl (C=O) groups excluding carboxylic acids is 1. The Balaban J connectivity index is 2.08. The van der Waals surface area contributed by atoms with Crippen molar-refractivity contribution in [3.63, 3.8) is 0 Å². The third kappa shape index (κ3) is 4.08. The number of phenolic OH excluding ortho intramolecular Hbond substituents is 1. The molecule has 0 radical (unpaired) electrons. The van der Waals surface area contributed by atoms with E-state index in [4.69, 9.17) is 4.74 Å². The number of hydrazone groups is 1. The number of aromatic hydroxyl groups is 1. The maximum Gasteiger partial charge on any atom is 0.271 e. The molecule has 0 spiro atoms. The van der Waals surface area contributed by atoms with E-state index in [1.807, 2.05) is 0 Å². The predicted molar refractivity (Wildman–Crippen MR) is 91.6 cm³/mol. The molecule has 1 amide bonds. The Morgan fingerprint density at radius 3 is 2.73 bits per heavy atom. The maximum absolute atomic E-state index is 12.0. The van der Waals surface area contributed by atoms with Crippen LogP contribution in [0.5, 0.6) is 11.5 Å². The van der Waals surface area contributed by atoms with Gasteiger partial charge in [-0.2, -0.15) is 5.10 Å². The molecule has 0 aliphatic carbocycles. The molecule has 0 atom stereocenters. The lowest BCUT2D eigenvalue weighted by atomic mass is 10.2. The number of phenols is 1. The van der Waals surface area contributed by atoms with Crippen molar-refractivity contribution in [2.24, 2.45) is 5.10 Å². The van der Waals surface area contributed by atoms with Crippen molar-refractivity contribution in [3.05, 3.63) is 56.5 Å². The molecule has 2 N–H and O–H groups in total. The second kappa shape index (κ2) is 7.42. The number of rotatable bonds is 4. The zero-order chi connectivity index (χ0) is 16.1. The summed E-state index contributed by atoms with van der Waals surface area (Å²) in [6.45, 7) is 0. The number of benzene rings is 2. The molecule has 22 heavy (non-hydrogen) atoms. The Hall–Kier alpha value is -1.86. The van der Waals surface area contributed by atoms with Crippen LogP contribution in [0.2, 0.25) is 0 Å². The molecule has 0 aliphatic heterocycles. The molecule has 0 unspecified atom stereocenters. The summed E-state index contributed by atoms with van der Waals surface area (Å²) in [6, 6.07) is 9.89. The number of hydrogen-bond donors (Lipinski definition) is 2. The average Bonchev–Trinajstić information content (AvgIpc) is 2.50. The van der Waals surface area contributed by atoms with Crippen molar-refractivity contribution >= 4 is 44.0 Å². The topological polar surface area (TPSA) is 70.9 Å². The molecule has 0 heterocycles. The summed E-state index contributed by atoms with van der Waals surface area (Å²) in [7, 11) is 1.55. The normalized spacial score (nSPS) is 10.7. The fourth-order valence-corrected chi connectivity index (χ4v) is 2.58. The van der Waals surface area contributed by atoms with Gasteiger partial charge in [0.2, 0.25) is 0 Å². The van der Waals surface area contributed by atoms with Crippen molar-refractivity contribution in [1.29, 1.82) is 0 Å². The highest BCUT2D eigenvalue weighted by Crippen LogP contribution is 2.25. The Morgan fingerprint density at radius 1 is 1.27 bits per heavy atom. The zero-order valence-electron chi connectivity index (χ0n) is 11.5. The number of carbonyl (C=O) groups is 1. The van der Waals surface area contributed by atoms with E-state index in [0.29, 0.717) is 21.3 Å². The summed E-state index contributed by atoms with van der Waals surface area (Å²) in [5, 5.41) is 13.5. The van der Waals surface area contributed by atoms with Crippen LogP contribution in [0.3, 0.4) is 0 Å². The standard InChI is InChI=1S/C15H12Br2N2O3/c1-22-14-5-2-9(7-12(14)17)15(21)19-18-8-10-6-11(16)3-4-13(10)20/h2-8,20H,1H3,(H,19,21). The molecule has 114 valence electrons. The molecule has 5 nitrogen and oxygen atoms in total. The number of amides is 1. The number of halogens is 2. The molecule has 2 aromatic carbocycles. The lowest BCUT2D eigenvalue weighted by molar-refractivity contribution is 0.0955. The highest BCUT2D eigenvalue weighted by atomic mass is 79.9. The fourth-order valence-electron chi connectivity index (χ4n) is 1.66. The first-order chi connectivity index (χ1) is 10.5. The van der Waals surface area contributed by atoms with Gasteiger partial charge in [-0.3, -0.25) is 4.79 Å². The molecule has 0 saturated carbocycles. The first-order valence-electron chi connectivity index (χ1n) is 6.16. The van der Waals surface area contributed by atoms with E-state index in [-0.39, 0.29) is 11.7 Å². The van der Waals surface area contributed by atoms with E-state index < -0.39 is 0 Å². The summed E-state index contributed by atoms with van der Waals surface area (Å²) in [5.74, 6) is 0.349. The second-order valence-electron chi connectivity index (χ2n) is 4.25. The zero-order valence-corrected chi connectivity index (χ0v) is 14.7. The Labute approximate surface area is 144 Å². The van der Waals surface area contributed by atoms with E-state index >= 15 is 0 Å². The predicted octanol–water partition coefficient (Wildman–Crippen LogP) is 3.69. The summed E-state index contributed by atoms with van der Waals surface area (Å²) in [6.07, 6.45) is 1.37. The van der Waals surface area contributed by atoms with Crippen LogP contribution in [-0.2, 0) is 0 Å². The number of methoxy groups -OCH3 is 1. The van der Waals surface area contributed by atoms with E-state index in [1.165, 1.54) is 12.3 Å². The first kappa shape index (κ1) is 16.5. The molecule has 0 fully saturated rings. The number of nitrogens with zero attached hydrogens (tertiary/aromatic N) is 1. The van der Waals surface area contributed by atoms with Gasteiger partial charge in [-0.1, -0.05) is 15.9 Å². The van der Waals surface area contributed by atoms with Crippen molar-refractivity contribution in [2.75, 3.05) is 7.11 Å². The van der Waals surface area contributed by atoms with E-state index in [9.17, 15) is 9.90 Å². The molecular weight excluding hydrogens is 416 g/mol. The quantitative estimate of drug-likeness (QED) is 0.577. The summed E-state index contributed by atoms with van der Waals surface area (Å²) >= 11 is 6.61. The Kier molecular flexibility index (Phi) is 5.57. The number of hydrogen-bond acceptors (Lipinski definition) is 4. The minimum Gasteiger partial charge on any atom is -0.507 e. The monoisotopic (exact) mass is 426 g/mol. The second-order valence-corrected chi connectivity index (χ2v) is 6.02. The summed E-state index contributed by atoms with van der Waals surface area (Å²) in [5.41, 5.74) is 3.33. The van der Waals surface area contributed by atoms with Gasteiger partial charge in [-0.05, 0) is 52.3 Å². The van der Waals surface area contributed by atoms with Crippen LogP contribution in [0.4, 0.5) is 0 Å². The van der Waals surface area contributed by atoms with Crippen molar-refractivity contribution in [1.82, 2.24) is 5.43 Å². The van der Waals surface area contributed by atoms with Crippen molar-refractivity contribution < 1.29 is 14.6 Å². The third-order valence-electron chi connectivity index (χ3n) is 2.77. The van der Waals surface area contributed by atoms with Gasteiger partial charge < -0.3 is 9.84 Å². The molecule has 0 bridgehead atoms. The van der Waals surface area contributed by atoms with Gasteiger partial charge in [-0.15, -0.1) is 0 Å². The van der Waals surface area contributed by atoms with E-state index in [2.05, 4.69) is 42.4 Å². The van der Waals surface area contributed by atoms with Crippen LogP contribution in [-0.4, -0.2) is 24.3 Å². The van der Waals surface area contributed by atoms with Crippen LogP contribution < -0.4 is 10.2 Å². The molecule has 2 rings (SSSR count). The van der Waals surface area contributed by atoms with Gasteiger partial charge >= 0.3 is 0 Å².